The number of rotatable bonds is 8. The van der Waals surface area contributed by atoms with Gasteiger partial charge in [0.2, 0.25) is 0 Å². The zero-order chi connectivity index (χ0) is 24.0. The summed E-state index contributed by atoms with van der Waals surface area (Å²) in [6.07, 6.45) is 3.54. The average molecular weight is 446 g/mol. The molecule has 0 saturated heterocycles. The predicted octanol–water partition coefficient (Wildman–Crippen LogP) is 8.25. The highest BCUT2D eigenvalue weighted by Gasteiger charge is 2.31. The lowest BCUT2D eigenvalue weighted by atomic mass is 9.78. The highest BCUT2D eigenvalue weighted by Crippen LogP contribution is 2.37. The minimum absolute atomic E-state index is 0.421. The molecular weight excluding hydrogens is 410 g/mol. The van der Waals surface area contributed by atoms with Gasteiger partial charge in [-0.15, -0.1) is 0 Å². The van der Waals surface area contributed by atoms with Crippen molar-refractivity contribution < 1.29 is 0 Å². The maximum absolute atomic E-state index is 3.71. The highest BCUT2D eigenvalue weighted by molar-refractivity contribution is 5.73. The van der Waals surface area contributed by atoms with E-state index in [2.05, 4.69) is 148 Å². The third-order valence-corrected chi connectivity index (χ3v) is 6.97. The lowest BCUT2D eigenvalue weighted by Crippen LogP contribution is -2.39. The smallest absolute Gasteiger partial charge is 0.0881 e. The lowest BCUT2D eigenvalue weighted by Gasteiger charge is -2.34. The van der Waals surface area contributed by atoms with E-state index in [0.717, 1.165) is 6.42 Å². The Balaban J connectivity index is 1.88. The van der Waals surface area contributed by atoms with Crippen molar-refractivity contribution >= 4 is 5.57 Å². The van der Waals surface area contributed by atoms with Crippen LogP contribution in [0.4, 0.5) is 0 Å². The second-order valence-corrected chi connectivity index (χ2v) is 9.14. The van der Waals surface area contributed by atoms with E-state index in [0.29, 0.717) is 5.92 Å². The maximum Gasteiger partial charge on any atom is 0.0881 e. The van der Waals surface area contributed by atoms with Gasteiger partial charge in [0.15, 0.2) is 0 Å². The summed E-state index contributed by atoms with van der Waals surface area (Å²) in [6, 6.07) is 39.3. The van der Waals surface area contributed by atoms with Crippen LogP contribution in [0.3, 0.4) is 0 Å². The quantitative estimate of drug-likeness (QED) is 0.288. The molecule has 0 aromatic heterocycles. The molecule has 1 unspecified atom stereocenters. The van der Waals surface area contributed by atoms with Crippen LogP contribution in [0.5, 0.6) is 0 Å². The van der Waals surface area contributed by atoms with E-state index < -0.39 is 5.54 Å². The first kappa shape index (κ1) is 23.7. The molecule has 34 heavy (non-hydrogen) atoms. The Morgan fingerprint density at radius 3 is 1.82 bits per heavy atom. The van der Waals surface area contributed by atoms with Crippen LogP contribution in [0.2, 0.25) is 0 Å². The van der Waals surface area contributed by atoms with Crippen molar-refractivity contribution in [3.05, 3.63) is 138 Å². The van der Waals surface area contributed by atoms with E-state index >= 15 is 0 Å². The fraction of sp³-hybridized carbons (Fsp3) is 0.212. The van der Waals surface area contributed by atoms with Crippen LogP contribution in [-0.2, 0) is 5.54 Å². The molecule has 0 fully saturated rings. The summed E-state index contributed by atoms with van der Waals surface area (Å²) in [4.78, 5) is 0. The average Bonchev–Trinajstić information content (AvgIpc) is 2.91. The first-order valence-electron chi connectivity index (χ1n) is 12.3. The zero-order valence-corrected chi connectivity index (χ0v) is 20.8. The fourth-order valence-electron chi connectivity index (χ4n) is 4.66. The number of hydrogen-bond donors (Lipinski definition) is 1. The maximum atomic E-state index is 3.71. The third kappa shape index (κ3) is 4.90. The first-order valence-corrected chi connectivity index (χ1v) is 12.3. The molecule has 0 radical (unpaired) electrons. The predicted molar refractivity (Wildman–Crippen MR) is 147 cm³/mol. The molecule has 1 N–H and O–H groups in total. The van der Waals surface area contributed by atoms with E-state index in [1.165, 1.54) is 39.0 Å². The van der Waals surface area contributed by atoms with Gasteiger partial charge in [-0.3, -0.25) is 0 Å². The summed E-state index contributed by atoms with van der Waals surface area (Å²) < 4.78 is 0. The van der Waals surface area contributed by atoms with Crippen LogP contribution in [0.25, 0.3) is 16.7 Å². The fourth-order valence-corrected chi connectivity index (χ4v) is 4.66. The number of aryl methyl sites for hydroxylation is 1. The molecular formula is C33H35N. The molecule has 2 atom stereocenters. The van der Waals surface area contributed by atoms with E-state index in [-0.39, 0.29) is 0 Å². The Labute approximate surface area is 205 Å². The number of hydrogen-bond acceptors (Lipinski definition) is 1. The second kappa shape index (κ2) is 10.7. The Morgan fingerprint density at radius 2 is 1.26 bits per heavy atom. The second-order valence-electron chi connectivity index (χ2n) is 9.14. The summed E-state index contributed by atoms with van der Waals surface area (Å²) in [7, 11) is 2.07. The Morgan fingerprint density at radius 1 is 0.735 bits per heavy atom. The van der Waals surface area contributed by atoms with Gasteiger partial charge in [-0.25, -0.2) is 0 Å². The van der Waals surface area contributed by atoms with Crippen molar-refractivity contribution in [2.24, 2.45) is 5.92 Å². The van der Waals surface area contributed by atoms with Crippen LogP contribution >= 0.6 is 0 Å². The van der Waals surface area contributed by atoms with Gasteiger partial charge in [-0.05, 0) is 59.7 Å². The van der Waals surface area contributed by atoms with Crippen molar-refractivity contribution in [2.75, 3.05) is 7.05 Å². The normalized spacial score (nSPS) is 14.4. The first-order chi connectivity index (χ1) is 16.6. The summed E-state index contributed by atoms with van der Waals surface area (Å²) >= 11 is 0. The van der Waals surface area contributed by atoms with E-state index in [4.69, 9.17) is 0 Å². The van der Waals surface area contributed by atoms with Gasteiger partial charge in [0.1, 0.15) is 0 Å². The summed E-state index contributed by atoms with van der Waals surface area (Å²) in [6.45, 7) is 6.74. The van der Waals surface area contributed by atoms with Crippen molar-refractivity contribution in [2.45, 2.75) is 32.7 Å². The molecule has 4 rings (SSSR count). The summed E-state index contributed by atoms with van der Waals surface area (Å²) in [5.41, 5.74) is 8.45. The van der Waals surface area contributed by atoms with Crippen molar-refractivity contribution in [1.29, 1.82) is 0 Å². The number of benzene rings is 4. The van der Waals surface area contributed by atoms with Gasteiger partial charge in [-0.2, -0.15) is 0 Å². The van der Waals surface area contributed by atoms with Gasteiger partial charge in [0.25, 0.3) is 0 Å². The minimum atomic E-state index is -0.425. The molecule has 4 aromatic carbocycles. The summed E-state index contributed by atoms with van der Waals surface area (Å²) in [5.74, 6) is 0.421. The van der Waals surface area contributed by atoms with Crippen LogP contribution in [0, 0.1) is 12.8 Å². The molecule has 0 aliphatic rings. The van der Waals surface area contributed by atoms with E-state index in [9.17, 15) is 0 Å². The molecule has 0 aliphatic carbocycles. The van der Waals surface area contributed by atoms with E-state index in [1.807, 2.05) is 0 Å². The molecule has 1 heteroatoms. The third-order valence-electron chi connectivity index (χ3n) is 6.97. The lowest BCUT2D eigenvalue weighted by molar-refractivity contribution is 0.542. The zero-order valence-electron chi connectivity index (χ0n) is 20.8. The van der Waals surface area contributed by atoms with Gasteiger partial charge in [0, 0.05) is 0 Å². The number of nitrogens with one attached hydrogen (secondary N) is 1. The number of likely N-dealkylation sites (N-methyl/N-ethyl adjacent to an activating group) is 1. The van der Waals surface area contributed by atoms with Gasteiger partial charge >= 0.3 is 0 Å². The van der Waals surface area contributed by atoms with E-state index in [1.54, 1.807) is 0 Å². The van der Waals surface area contributed by atoms with Gasteiger partial charge in [-0.1, -0.05) is 135 Å². The molecule has 1 nitrogen and oxygen atoms in total. The Bertz CT molecular complexity index is 1210. The Kier molecular flexibility index (Phi) is 7.45. The van der Waals surface area contributed by atoms with Crippen LogP contribution < -0.4 is 5.32 Å². The topological polar surface area (TPSA) is 12.0 Å². The number of allylic oxidation sites excluding steroid dienone is 1. The monoisotopic (exact) mass is 445 g/mol. The SMILES string of the molecule is CC[C@H](C)/C(=C\C(NC)(c1ccccc1)c1ccc(C)cc1)c1ccc(-c2ccccc2)cc1. The molecule has 0 aliphatic heterocycles. The molecule has 4 aromatic rings. The molecule has 0 amide bonds. The largest absolute Gasteiger partial charge is 0.304 e. The standard InChI is InChI=1S/C33H35N/c1-5-26(3)32(29-20-18-28(19-21-29)27-12-8-6-9-13-27)24-33(34-4,30-14-10-7-11-15-30)31-22-16-25(2)17-23-31/h6-24,26,34H,5H2,1-4H3/b32-24+/t26-,33?/m0/s1. The minimum Gasteiger partial charge on any atom is -0.304 e. The van der Waals surface area contributed by atoms with Crippen LogP contribution in [0.15, 0.2) is 115 Å². The van der Waals surface area contributed by atoms with Crippen molar-refractivity contribution in [3.8, 4) is 11.1 Å². The molecule has 172 valence electrons. The van der Waals surface area contributed by atoms with Gasteiger partial charge < -0.3 is 5.32 Å². The van der Waals surface area contributed by atoms with Gasteiger partial charge in [0.05, 0.1) is 5.54 Å². The van der Waals surface area contributed by atoms with Crippen LogP contribution in [0.1, 0.15) is 42.5 Å². The van der Waals surface area contributed by atoms with Crippen molar-refractivity contribution in [3.63, 3.8) is 0 Å². The summed E-state index contributed by atoms with van der Waals surface area (Å²) in [5, 5.41) is 3.71. The Hall–Kier alpha value is -3.42. The van der Waals surface area contributed by atoms with Crippen LogP contribution in [-0.4, -0.2) is 7.05 Å². The molecule has 0 spiro atoms. The molecule has 0 bridgehead atoms. The molecule has 0 saturated carbocycles. The molecule has 0 heterocycles. The van der Waals surface area contributed by atoms with Crippen molar-refractivity contribution in [1.82, 2.24) is 5.32 Å². The highest BCUT2D eigenvalue weighted by atomic mass is 14.9.